The van der Waals surface area contributed by atoms with Gasteiger partial charge in [-0.1, -0.05) is 12.1 Å². The Hall–Kier alpha value is -2.75. The van der Waals surface area contributed by atoms with Gasteiger partial charge in [0.25, 0.3) is 0 Å². The number of pyridine rings is 2. The topological polar surface area (TPSA) is 54.5 Å². The van der Waals surface area contributed by atoms with Crippen LogP contribution in [0.4, 0.5) is 0 Å². The van der Waals surface area contributed by atoms with Crippen molar-refractivity contribution in [3.8, 4) is 11.4 Å². The van der Waals surface area contributed by atoms with E-state index in [0.29, 0.717) is 0 Å². The van der Waals surface area contributed by atoms with Crippen molar-refractivity contribution >= 4 is 21.8 Å². The lowest BCUT2D eigenvalue weighted by atomic mass is 10.1. The monoisotopic (exact) mass is 246 g/mol. The molecule has 1 N–H and O–H groups in total. The number of benzene rings is 1. The molecule has 0 amide bonds. The molecule has 90 valence electrons. The van der Waals surface area contributed by atoms with Crippen LogP contribution in [0, 0.1) is 0 Å². The fraction of sp³-hybridized carbons (Fsp3) is 0. The zero-order valence-electron chi connectivity index (χ0n) is 10.0. The average molecular weight is 246 g/mol. The first kappa shape index (κ1) is 10.2. The number of H-pyrrole nitrogens is 1. The molecular weight excluding hydrogens is 236 g/mol. The minimum absolute atomic E-state index is 0.850. The maximum absolute atomic E-state index is 4.72. The van der Waals surface area contributed by atoms with Crippen LogP contribution in [0.1, 0.15) is 0 Å². The zero-order chi connectivity index (χ0) is 12.7. The van der Waals surface area contributed by atoms with Crippen LogP contribution in [0.5, 0.6) is 0 Å². The molecule has 4 nitrogen and oxygen atoms in total. The molecule has 4 aromatic rings. The third-order valence-electron chi connectivity index (χ3n) is 3.20. The van der Waals surface area contributed by atoms with Crippen LogP contribution in [0.25, 0.3) is 33.2 Å². The molecule has 1 aromatic carbocycles. The van der Waals surface area contributed by atoms with Gasteiger partial charge in [-0.2, -0.15) is 5.10 Å². The molecule has 4 heteroatoms. The number of hydrogen-bond donors (Lipinski definition) is 1. The predicted octanol–water partition coefficient (Wildman–Crippen LogP) is 3.17. The van der Waals surface area contributed by atoms with E-state index in [-0.39, 0.29) is 0 Å². The van der Waals surface area contributed by atoms with Crippen molar-refractivity contribution in [2.75, 3.05) is 0 Å². The van der Waals surface area contributed by atoms with E-state index in [4.69, 9.17) is 4.98 Å². The SMILES string of the molecule is c1cnc2ccc3ccc(-c4cc[nH]n4)nc3c2c1. The Balaban J connectivity index is 2.09. The molecule has 3 aromatic heterocycles. The quantitative estimate of drug-likeness (QED) is 0.525. The summed E-state index contributed by atoms with van der Waals surface area (Å²) in [5.74, 6) is 0. The molecule has 0 spiro atoms. The summed E-state index contributed by atoms with van der Waals surface area (Å²) in [5, 5.41) is 9.16. The van der Waals surface area contributed by atoms with Crippen LogP contribution in [-0.2, 0) is 0 Å². The summed E-state index contributed by atoms with van der Waals surface area (Å²) in [6.45, 7) is 0. The van der Waals surface area contributed by atoms with Gasteiger partial charge in [-0.15, -0.1) is 0 Å². The molecule has 0 bridgehead atoms. The molecular formula is C15H10N4. The molecule has 0 fully saturated rings. The van der Waals surface area contributed by atoms with Crippen LogP contribution in [0.15, 0.2) is 54.9 Å². The summed E-state index contributed by atoms with van der Waals surface area (Å²) in [6, 6.07) is 14.0. The molecule has 0 atom stereocenters. The van der Waals surface area contributed by atoms with Gasteiger partial charge in [0.05, 0.1) is 16.7 Å². The summed E-state index contributed by atoms with van der Waals surface area (Å²) in [7, 11) is 0. The number of aromatic nitrogens is 4. The van der Waals surface area contributed by atoms with Crippen molar-refractivity contribution in [1.82, 2.24) is 20.2 Å². The lowest BCUT2D eigenvalue weighted by Crippen LogP contribution is -1.88. The number of hydrogen-bond acceptors (Lipinski definition) is 3. The average Bonchev–Trinajstić information content (AvgIpc) is 3.01. The Labute approximate surface area is 109 Å². The molecule has 0 aliphatic rings. The highest BCUT2D eigenvalue weighted by Gasteiger charge is 2.06. The van der Waals surface area contributed by atoms with Gasteiger partial charge in [0, 0.05) is 23.2 Å². The fourth-order valence-electron chi connectivity index (χ4n) is 2.29. The van der Waals surface area contributed by atoms with Crippen LogP contribution < -0.4 is 0 Å². The van der Waals surface area contributed by atoms with Gasteiger partial charge in [-0.3, -0.25) is 10.1 Å². The molecule has 0 unspecified atom stereocenters. The Bertz CT molecular complexity index is 866. The van der Waals surface area contributed by atoms with Crippen molar-refractivity contribution in [2.45, 2.75) is 0 Å². The van der Waals surface area contributed by atoms with E-state index >= 15 is 0 Å². The lowest BCUT2D eigenvalue weighted by molar-refractivity contribution is 1.09. The number of nitrogens with zero attached hydrogens (tertiary/aromatic N) is 3. The van der Waals surface area contributed by atoms with E-state index in [2.05, 4.69) is 21.2 Å². The van der Waals surface area contributed by atoms with Gasteiger partial charge >= 0.3 is 0 Å². The maximum Gasteiger partial charge on any atom is 0.110 e. The van der Waals surface area contributed by atoms with E-state index in [1.54, 1.807) is 12.4 Å². The number of nitrogens with one attached hydrogen (secondary N) is 1. The molecule has 0 radical (unpaired) electrons. The zero-order valence-corrected chi connectivity index (χ0v) is 10.0. The van der Waals surface area contributed by atoms with Crippen molar-refractivity contribution < 1.29 is 0 Å². The van der Waals surface area contributed by atoms with E-state index in [1.165, 1.54) is 0 Å². The minimum atomic E-state index is 0.850. The molecule has 19 heavy (non-hydrogen) atoms. The number of fused-ring (bicyclic) bond motifs is 3. The minimum Gasteiger partial charge on any atom is -0.285 e. The second-order valence-electron chi connectivity index (χ2n) is 4.36. The standard InChI is InChI=1S/C15H10N4/c1-2-11-12(16-8-1)5-3-10-4-6-13(18-15(10)11)14-7-9-17-19-14/h1-9H,(H,17,19). The molecule has 3 heterocycles. The van der Waals surface area contributed by atoms with E-state index in [1.807, 2.05) is 36.4 Å². The number of aromatic amines is 1. The van der Waals surface area contributed by atoms with Gasteiger partial charge in [-0.05, 0) is 30.3 Å². The normalized spacial score (nSPS) is 11.2. The summed E-state index contributed by atoms with van der Waals surface area (Å²) in [6.07, 6.45) is 3.59. The van der Waals surface area contributed by atoms with Gasteiger partial charge < -0.3 is 0 Å². The highest BCUT2D eigenvalue weighted by atomic mass is 15.1. The highest BCUT2D eigenvalue weighted by molar-refractivity contribution is 6.04. The molecule has 0 aliphatic carbocycles. The van der Waals surface area contributed by atoms with Gasteiger partial charge in [0.2, 0.25) is 0 Å². The Kier molecular flexibility index (Phi) is 2.08. The van der Waals surface area contributed by atoms with Gasteiger partial charge in [-0.25, -0.2) is 4.98 Å². The van der Waals surface area contributed by atoms with E-state index in [9.17, 15) is 0 Å². The van der Waals surface area contributed by atoms with Crippen LogP contribution in [0.2, 0.25) is 0 Å². The third kappa shape index (κ3) is 1.57. The van der Waals surface area contributed by atoms with Crippen LogP contribution >= 0.6 is 0 Å². The van der Waals surface area contributed by atoms with Gasteiger partial charge in [0.15, 0.2) is 0 Å². The first-order chi connectivity index (χ1) is 9.42. The van der Waals surface area contributed by atoms with Crippen LogP contribution in [-0.4, -0.2) is 20.2 Å². The summed E-state index contributed by atoms with van der Waals surface area (Å²) >= 11 is 0. The Morgan fingerprint density at radius 3 is 2.74 bits per heavy atom. The smallest absolute Gasteiger partial charge is 0.110 e. The molecule has 0 aliphatic heterocycles. The van der Waals surface area contributed by atoms with Crippen molar-refractivity contribution in [2.24, 2.45) is 0 Å². The molecule has 4 rings (SSSR count). The lowest BCUT2D eigenvalue weighted by Gasteiger charge is -2.04. The maximum atomic E-state index is 4.72. The Morgan fingerprint density at radius 1 is 0.895 bits per heavy atom. The van der Waals surface area contributed by atoms with Crippen LogP contribution in [0.3, 0.4) is 0 Å². The molecule has 0 saturated heterocycles. The fourth-order valence-corrected chi connectivity index (χ4v) is 2.29. The largest absolute Gasteiger partial charge is 0.285 e. The Morgan fingerprint density at radius 2 is 1.84 bits per heavy atom. The van der Waals surface area contributed by atoms with Crippen molar-refractivity contribution in [1.29, 1.82) is 0 Å². The van der Waals surface area contributed by atoms with Crippen molar-refractivity contribution in [3.05, 3.63) is 54.9 Å². The van der Waals surface area contributed by atoms with Gasteiger partial charge in [0.1, 0.15) is 5.69 Å². The summed E-state index contributed by atoms with van der Waals surface area (Å²) < 4.78 is 0. The predicted molar refractivity (Wildman–Crippen MR) is 74.6 cm³/mol. The third-order valence-corrected chi connectivity index (χ3v) is 3.20. The second kappa shape index (κ2) is 3.88. The summed E-state index contributed by atoms with van der Waals surface area (Å²) in [4.78, 5) is 9.09. The van der Waals surface area contributed by atoms with E-state index < -0.39 is 0 Å². The highest BCUT2D eigenvalue weighted by Crippen LogP contribution is 2.25. The number of rotatable bonds is 1. The first-order valence-corrected chi connectivity index (χ1v) is 6.06. The second-order valence-corrected chi connectivity index (χ2v) is 4.36. The summed E-state index contributed by atoms with van der Waals surface area (Å²) in [5.41, 5.74) is 3.64. The first-order valence-electron chi connectivity index (χ1n) is 6.06. The van der Waals surface area contributed by atoms with Crippen molar-refractivity contribution in [3.63, 3.8) is 0 Å². The molecule has 0 saturated carbocycles. The van der Waals surface area contributed by atoms with E-state index in [0.717, 1.165) is 33.2 Å².